The molecular formula is C22H23N3O3. The Morgan fingerprint density at radius 2 is 1.79 bits per heavy atom. The van der Waals surface area contributed by atoms with Crippen LogP contribution in [0.3, 0.4) is 0 Å². The van der Waals surface area contributed by atoms with Gasteiger partial charge in [0.25, 0.3) is 5.91 Å². The quantitative estimate of drug-likeness (QED) is 0.643. The molecule has 2 aromatic carbocycles. The van der Waals surface area contributed by atoms with Crippen molar-refractivity contribution < 1.29 is 14.3 Å². The minimum absolute atomic E-state index is 0.257. The molecule has 0 aliphatic carbocycles. The van der Waals surface area contributed by atoms with Gasteiger partial charge in [0.1, 0.15) is 17.3 Å². The molecule has 6 nitrogen and oxygen atoms in total. The predicted octanol–water partition coefficient (Wildman–Crippen LogP) is 4.27. The summed E-state index contributed by atoms with van der Waals surface area (Å²) in [5.41, 5.74) is 3.39. The Balaban J connectivity index is 1.71. The largest absolute Gasteiger partial charge is 0.497 e. The van der Waals surface area contributed by atoms with Crippen LogP contribution in [0.15, 0.2) is 60.8 Å². The van der Waals surface area contributed by atoms with Crippen molar-refractivity contribution in [2.45, 2.75) is 13.5 Å². The average molecular weight is 377 g/mol. The molecule has 0 saturated carbocycles. The Morgan fingerprint density at radius 3 is 2.50 bits per heavy atom. The van der Waals surface area contributed by atoms with Gasteiger partial charge in [-0.05, 0) is 36.8 Å². The molecule has 0 atom stereocenters. The topological polar surface area (TPSA) is 72.5 Å². The molecule has 0 aliphatic heterocycles. The number of ether oxygens (including phenoxy) is 2. The predicted molar refractivity (Wildman–Crippen MR) is 110 cm³/mol. The van der Waals surface area contributed by atoms with Gasteiger partial charge < -0.3 is 20.1 Å². The van der Waals surface area contributed by atoms with Crippen molar-refractivity contribution in [2.24, 2.45) is 0 Å². The Hall–Kier alpha value is -3.54. The Bertz CT molecular complexity index is 955. The summed E-state index contributed by atoms with van der Waals surface area (Å²) in [5, 5.41) is 6.10. The summed E-state index contributed by atoms with van der Waals surface area (Å²) in [7, 11) is 3.12. The van der Waals surface area contributed by atoms with E-state index in [1.165, 1.54) is 5.56 Å². The highest BCUT2D eigenvalue weighted by Crippen LogP contribution is 2.29. The van der Waals surface area contributed by atoms with Gasteiger partial charge in [0.15, 0.2) is 0 Å². The first-order valence-corrected chi connectivity index (χ1v) is 8.88. The van der Waals surface area contributed by atoms with Gasteiger partial charge in [-0.2, -0.15) is 0 Å². The standard InChI is InChI=1S/C22H23N3O3/c1-15-4-6-16(7-5-15)14-24-21-12-17(10-11-23-21)22(26)25-19-13-18(27-2)8-9-20(19)28-3/h4-13H,14H2,1-3H3,(H,23,24)(H,25,26). The minimum atomic E-state index is -0.257. The molecule has 3 aromatic rings. The van der Waals surface area contributed by atoms with E-state index in [0.29, 0.717) is 35.1 Å². The van der Waals surface area contributed by atoms with Crippen molar-refractivity contribution in [1.82, 2.24) is 4.98 Å². The number of benzene rings is 2. The van der Waals surface area contributed by atoms with Gasteiger partial charge in [-0.3, -0.25) is 4.79 Å². The van der Waals surface area contributed by atoms with E-state index in [0.717, 1.165) is 5.56 Å². The average Bonchev–Trinajstić information content (AvgIpc) is 2.73. The molecule has 28 heavy (non-hydrogen) atoms. The molecule has 0 spiro atoms. The first kappa shape index (κ1) is 19.2. The zero-order valence-electron chi connectivity index (χ0n) is 16.2. The Labute approximate surface area is 164 Å². The number of anilines is 2. The summed E-state index contributed by atoms with van der Waals surface area (Å²) in [6.45, 7) is 2.68. The number of hydrogen-bond donors (Lipinski definition) is 2. The molecule has 0 radical (unpaired) electrons. The third-order valence-corrected chi connectivity index (χ3v) is 4.27. The number of aromatic nitrogens is 1. The second kappa shape index (κ2) is 8.90. The number of aryl methyl sites for hydroxylation is 1. The number of carbonyl (C=O) groups excluding carboxylic acids is 1. The maximum atomic E-state index is 12.7. The van der Waals surface area contributed by atoms with Gasteiger partial charge in [-0.25, -0.2) is 4.98 Å². The fourth-order valence-corrected chi connectivity index (χ4v) is 2.67. The van der Waals surface area contributed by atoms with Gasteiger partial charge in [-0.15, -0.1) is 0 Å². The highest BCUT2D eigenvalue weighted by Gasteiger charge is 2.12. The number of carbonyl (C=O) groups is 1. The molecule has 2 N–H and O–H groups in total. The molecule has 0 saturated heterocycles. The van der Waals surface area contributed by atoms with Crippen LogP contribution in [0.4, 0.5) is 11.5 Å². The SMILES string of the molecule is COc1ccc(OC)c(NC(=O)c2ccnc(NCc3ccc(C)cc3)c2)c1. The number of rotatable bonds is 7. The van der Waals surface area contributed by atoms with Crippen molar-refractivity contribution in [2.75, 3.05) is 24.9 Å². The van der Waals surface area contributed by atoms with Crippen molar-refractivity contribution in [3.8, 4) is 11.5 Å². The van der Waals surface area contributed by atoms with Crippen molar-refractivity contribution in [3.63, 3.8) is 0 Å². The Morgan fingerprint density at radius 1 is 1.00 bits per heavy atom. The van der Waals surface area contributed by atoms with E-state index in [9.17, 15) is 4.79 Å². The summed E-state index contributed by atoms with van der Waals surface area (Å²) < 4.78 is 10.5. The van der Waals surface area contributed by atoms with Gasteiger partial charge in [0.05, 0.1) is 19.9 Å². The number of pyridine rings is 1. The van der Waals surface area contributed by atoms with Crippen LogP contribution in [-0.4, -0.2) is 25.1 Å². The van der Waals surface area contributed by atoms with Crippen molar-refractivity contribution in [1.29, 1.82) is 0 Å². The van der Waals surface area contributed by atoms with Crippen molar-refractivity contribution in [3.05, 3.63) is 77.5 Å². The summed E-state index contributed by atoms with van der Waals surface area (Å²) in [6.07, 6.45) is 1.61. The van der Waals surface area contributed by atoms with Gasteiger partial charge in [0, 0.05) is 24.4 Å². The molecule has 1 heterocycles. The molecule has 3 rings (SSSR count). The molecule has 144 valence electrons. The molecule has 1 aromatic heterocycles. The molecule has 0 aliphatic rings. The normalized spacial score (nSPS) is 10.2. The third-order valence-electron chi connectivity index (χ3n) is 4.27. The van der Waals surface area contributed by atoms with E-state index in [4.69, 9.17) is 9.47 Å². The van der Waals surface area contributed by atoms with Crippen LogP contribution in [0.5, 0.6) is 11.5 Å². The van der Waals surface area contributed by atoms with Crippen LogP contribution in [0.2, 0.25) is 0 Å². The first-order valence-electron chi connectivity index (χ1n) is 8.88. The monoisotopic (exact) mass is 377 g/mol. The van der Waals surface area contributed by atoms with E-state index in [2.05, 4.69) is 46.8 Å². The molecular weight excluding hydrogens is 354 g/mol. The highest BCUT2D eigenvalue weighted by atomic mass is 16.5. The summed E-state index contributed by atoms with van der Waals surface area (Å²) in [6, 6.07) is 16.9. The van der Waals surface area contributed by atoms with Crippen LogP contribution >= 0.6 is 0 Å². The summed E-state index contributed by atoms with van der Waals surface area (Å²) in [4.78, 5) is 17.0. The maximum Gasteiger partial charge on any atom is 0.255 e. The summed E-state index contributed by atoms with van der Waals surface area (Å²) >= 11 is 0. The lowest BCUT2D eigenvalue weighted by Crippen LogP contribution is -2.13. The van der Waals surface area contributed by atoms with Gasteiger partial charge in [0.2, 0.25) is 0 Å². The maximum absolute atomic E-state index is 12.7. The zero-order chi connectivity index (χ0) is 19.9. The molecule has 0 bridgehead atoms. The number of nitrogens with zero attached hydrogens (tertiary/aromatic N) is 1. The lowest BCUT2D eigenvalue weighted by Gasteiger charge is -2.12. The van der Waals surface area contributed by atoms with Crippen LogP contribution in [0, 0.1) is 6.92 Å². The fourth-order valence-electron chi connectivity index (χ4n) is 2.67. The van der Waals surface area contributed by atoms with Crippen molar-refractivity contribution >= 4 is 17.4 Å². The second-order valence-corrected chi connectivity index (χ2v) is 6.29. The number of amides is 1. The highest BCUT2D eigenvalue weighted by molar-refractivity contribution is 6.05. The third kappa shape index (κ3) is 4.79. The molecule has 0 unspecified atom stereocenters. The number of methoxy groups -OCH3 is 2. The van der Waals surface area contributed by atoms with E-state index in [-0.39, 0.29) is 5.91 Å². The van der Waals surface area contributed by atoms with Crippen LogP contribution in [0.1, 0.15) is 21.5 Å². The summed E-state index contributed by atoms with van der Waals surface area (Å²) in [5.74, 6) is 1.56. The van der Waals surface area contributed by atoms with Crippen LogP contribution in [0.25, 0.3) is 0 Å². The first-order chi connectivity index (χ1) is 13.6. The minimum Gasteiger partial charge on any atom is -0.497 e. The fraction of sp³-hybridized carbons (Fsp3) is 0.182. The number of nitrogens with one attached hydrogen (secondary N) is 2. The lowest BCUT2D eigenvalue weighted by atomic mass is 10.1. The smallest absolute Gasteiger partial charge is 0.255 e. The van der Waals surface area contributed by atoms with Crippen LogP contribution < -0.4 is 20.1 Å². The molecule has 6 heteroatoms. The molecule has 1 amide bonds. The zero-order valence-corrected chi connectivity index (χ0v) is 16.2. The van der Waals surface area contributed by atoms with E-state index in [1.807, 2.05) is 0 Å². The number of hydrogen-bond acceptors (Lipinski definition) is 5. The van der Waals surface area contributed by atoms with Gasteiger partial charge >= 0.3 is 0 Å². The van der Waals surface area contributed by atoms with Gasteiger partial charge in [-0.1, -0.05) is 29.8 Å². The lowest BCUT2D eigenvalue weighted by molar-refractivity contribution is 0.102. The molecule has 0 fully saturated rings. The second-order valence-electron chi connectivity index (χ2n) is 6.29. The van der Waals surface area contributed by atoms with E-state index >= 15 is 0 Å². The van der Waals surface area contributed by atoms with E-state index in [1.54, 1.807) is 50.7 Å². The Kier molecular flexibility index (Phi) is 6.11. The van der Waals surface area contributed by atoms with E-state index < -0.39 is 0 Å². The van der Waals surface area contributed by atoms with Crippen LogP contribution in [-0.2, 0) is 6.54 Å².